The van der Waals surface area contributed by atoms with E-state index in [4.69, 9.17) is 9.72 Å². The summed E-state index contributed by atoms with van der Waals surface area (Å²) in [5.74, 6) is 1.20. The highest BCUT2D eigenvalue weighted by molar-refractivity contribution is 5.58. The van der Waals surface area contributed by atoms with E-state index in [2.05, 4.69) is 37.1 Å². The van der Waals surface area contributed by atoms with Crippen LogP contribution in [-0.4, -0.2) is 30.2 Å². The van der Waals surface area contributed by atoms with Crippen LogP contribution in [0, 0.1) is 0 Å². The van der Waals surface area contributed by atoms with E-state index in [0.29, 0.717) is 18.7 Å². The third-order valence-corrected chi connectivity index (χ3v) is 4.70. The Morgan fingerprint density at radius 2 is 2.21 bits per heavy atom. The first-order chi connectivity index (χ1) is 9.06. The van der Waals surface area contributed by atoms with Gasteiger partial charge >= 0.3 is 0 Å². The molecule has 1 fully saturated rings. The Balaban J connectivity index is 1.83. The van der Waals surface area contributed by atoms with Crippen molar-refractivity contribution in [1.29, 1.82) is 0 Å². The van der Waals surface area contributed by atoms with Crippen molar-refractivity contribution in [3.05, 3.63) is 22.9 Å². The predicted molar refractivity (Wildman–Crippen MR) is 74.4 cm³/mol. The molecule has 0 bridgehead atoms. The summed E-state index contributed by atoms with van der Waals surface area (Å²) in [7, 11) is 0. The van der Waals surface area contributed by atoms with Crippen LogP contribution in [0.1, 0.15) is 37.6 Å². The van der Waals surface area contributed by atoms with Gasteiger partial charge in [0, 0.05) is 30.7 Å². The molecule has 2 atom stereocenters. The van der Waals surface area contributed by atoms with Crippen molar-refractivity contribution in [2.45, 2.75) is 51.5 Å². The summed E-state index contributed by atoms with van der Waals surface area (Å²) >= 11 is 0. The molecule has 0 aliphatic carbocycles. The summed E-state index contributed by atoms with van der Waals surface area (Å²) in [6.07, 6.45) is 1.12. The van der Waals surface area contributed by atoms with Gasteiger partial charge in [-0.3, -0.25) is 0 Å². The second kappa shape index (κ2) is 3.70. The minimum absolute atomic E-state index is 0.236. The second-order valence-electron chi connectivity index (χ2n) is 6.55. The van der Waals surface area contributed by atoms with Crippen LogP contribution in [0.25, 0.3) is 0 Å². The third-order valence-electron chi connectivity index (χ3n) is 4.70. The summed E-state index contributed by atoms with van der Waals surface area (Å²) in [5.41, 5.74) is 3.59. The average molecular weight is 259 g/mol. The minimum atomic E-state index is -0.236. The number of nitrogens with zero attached hydrogens (tertiary/aromatic N) is 2. The van der Waals surface area contributed by atoms with Gasteiger partial charge in [0.1, 0.15) is 11.4 Å². The number of rotatable bonds is 0. The Morgan fingerprint density at radius 3 is 3.05 bits per heavy atom. The van der Waals surface area contributed by atoms with Gasteiger partial charge in [0.15, 0.2) is 0 Å². The second-order valence-corrected chi connectivity index (χ2v) is 6.55. The summed E-state index contributed by atoms with van der Waals surface area (Å²) < 4.78 is 5.86. The molecule has 1 N–H and O–H groups in total. The van der Waals surface area contributed by atoms with Gasteiger partial charge < -0.3 is 15.0 Å². The van der Waals surface area contributed by atoms with Crippen LogP contribution in [-0.2, 0) is 23.4 Å². The van der Waals surface area contributed by atoms with E-state index < -0.39 is 0 Å². The van der Waals surface area contributed by atoms with Crippen LogP contribution in [0.4, 0.5) is 5.82 Å². The number of aromatic nitrogens is 1. The molecular formula is C15H21N3O. The Labute approximate surface area is 114 Å². The fourth-order valence-corrected chi connectivity index (χ4v) is 3.75. The molecule has 4 rings (SSSR count). The number of nitrogens with one attached hydrogen (secondary N) is 1. The lowest BCUT2D eigenvalue weighted by atomic mass is 10.0. The Kier molecular flexibility index (Phi) is 2.28. The van der Waals surface area contributed by atoms with E-state index in [1.807, 2.05) is 0 Å². The first-order valence-electron chi connectivity index (χ1n) is 7.22. The third kappa shape index (κ3) is 1.56. The number of pyridine rings is 1. The molecule has 0 amide bonds. The lowest BCUT2D eigenvalue weighted by Gasteiger charge is -2.38. The standard InChI is InChI=1S/C15H21N3O/c1-9-6-16-7-12-5-10-4-11-8-19-15(2,3)13(11)17-14(10)18(9)12/h4,9,12,16H,5-8H2,1-3H3/t9-,12+/m0/s1. The number of ether oxygens (including phenoxy) is 1. The lowest BCUT2D eigenvalue weighted by Crippen LogP contribution is -2.55. The van der Waals surface area contributed by atoms with Crippen LogP contribution in [0.2, 0.25) is 0 Å². The smallest absolute Gasteiger partial charge is 0.132 e. The highest BCUT2D eigenvalue weighted by Gasteiger charge is 2.40. The number of hydrogen-bond donors (Lipinski definition) is 1. The molecule has 4 heterocycles. The van der Waals surface area contributed by atoms with E-state index >= 15 is 0 Å². The van der Waals surface area contributed by atoms with Crippen molar-refractivity contribution in [3.8, 4) is 0 Å². The molecule has 102 valence electrons. The van der Waals surface area contributed by atoms with Crippen LogP contribution in [0.15, 0.2) is 6.07 Å². The molecule has 0 radical (unpaired) electrons. The Morgan fingerprint density at radius 1 is 1.37 bits per heavy atom. The average Bonchev–Trinajstić information content (AvgIpc) is 2.86. The van der Waals surface area contributed by atoms with Crippen molar-refractivity contribution in [3.63, 3.8) is 0 Å². The maximum atomic E-state index is 5.86. The fraction of sp³-hybridized carbons (Fsp3) is 0.667. The Bertz CT molecular complexity index is 540. The van der Waals surface area contributed by atoms with Crippen LogP contribution < -0.4 is 10.2 Å². The molecule has 1 saturated heterocycles. The van der Waals surface area contributed by atoms with E-state index in [1.165, 1.54) is 16.9 Å². The highest BCUT2D eigenvalue weighted by Crippen LogP contribution is 2.41. The largest absolute Gasteiger partial charge is 0.365 e. The van der Waals surface area contributed by atoms with E-state index in [1.54, 1.807) is 0 Å². The molecule has 0 unspecified atom stereocenters. The van der Waals surface area contributed by atoms with E-state index in [9.17, 15) is 0 Å². The van der Waals surface area contributed by atoms with Crippen LogP contribution in [0.3, 0.4) is 0 Å². The molecule has 19 heavy (non-hydrogen) atoms. The summed E-state index contributed by atoms with van der Waals surface area (Å²) in [6, 6.07) is 3.44. The highest BCUT2D eigenvalue weighted by atomic mass is 16.5. The monoisotopic (exact) mass is 259 g/mol. The molecule has 3 aliphatic heterocycles. The van der Waals surface area contributed by atoms with Gasteiger partial charge in [-0.25, -0.2) is 4.98 Å². The zero-order valence-electron chi connectivity index (χ0n) is 11.9. The summed E-state index contributed by atoms with van der Waals surface area (Å²) in [6.45, 7) is 9.35. The number of hydrogen-bond acceptors (Lipinski definition) is 4. The molecule has 1 aromatic heterocycles. The summed E-state index contributed by atoms with van der Waals surface area (Å²) in [5, 5.41) is 3.52. The molecule has 0 aromatic carbocycles. The lowest BCUT2D eigenvalue weighted by molar-refractivity contribution is -0.0101. The van der Waals surface area contributed by atoms with Gasteiger partial charge in [-0.15, -0.1) is 0 Å². The molecule has 3 aliphatic rings. The Hall–Kier alpha value is -1.13. The zero-order valence-corrected chi connectivity index (χ0v) is 11.9. The van der Waals surface area contributed by atoms with Gasteiger partial charge in [-0.1, -0.05) is 0 Å². The first kappa shape index (κ1) is 11.7. The zero-order chi connectivity index (χ0) is 13.2. The minimum Gasteiger partial charge on any atom is -0.365 e. The van der Waals surface area contributed by atoms with Crippen LogP contribution >= 0.6 is 0 Å². The van der Waals surface area contributed by atoms with Gasteiger partial charge in [0.25, 0.3) is 0 Å². The fourth-order valence-electron chi connectivity index (χ4n) is 3.75. The maximum Gasteiger partial charge on any atom is 0.132 e. The van der Waals surface area contributed by atoms with Gasteiger partial charge in [0.05, 0.1) is 12.3 Å². The molecule has 4 heteroatoms. The number of anilines is 1. The summed E-state index contributed by atoms with van der Waals surface area (Å²) in [4.78, 5) is 7.51. The van der Waals surface area contributed by atoms with Crippen molar-refractivity contribution >= 4 is 5.82 Å². The van der Waals surface area contributed by atoms with Gasteiger partial charge in [-0.05, 0) is 38.8 Å². The number of fused-ring (bicyclic) bond motifs is 4. The molecule has 4 nitrogen and oxygen atoms in total. The van der Waals surface area contributed by atoms with Crippen LogP contribution in [0.5, 0.6) is 0 Å². The van der Waals surface area contributed by atoms with Crippen molar-refractivity contribution in [2.75, 3.05) is 18.0 Å². The molecule has 1 aromatic rings. The van der Waals surface area contributed by atoms with E-state index in [-0.39, 0.29) is 5.60 Å². The van der Waals surface area contributed by atoms with E-state index in [0.717, 1.165) is 25.2 Å². The first-order valence-corrected chi connectivity index (χ1v) is 7.22. The van der Waals surface area contributed by atoms with Crippen molar-refractivity contribution in [1.82, 2.24) is 10.3 Å². The van der Waals surface area contributed by atoms with Crippen molar-refractivity contribution < 1.29 is 4.74 Å². The maximum absolute atomic E-state index is 5.86. The quantitative estimate of drug-likeness (QED) is 0.767. The topological polar surface area (TPSA) is 37.4 Å². The predicted octanol–water partition coefficient (Wildman–Crippen LogP) is 1.57. The van der Waals surface area contributed by atoms with Gasteiger partial charge in [0.2, 0.25) is 0 Å². The SMILES string of the molecule is C[C@H]1CNC[C@H]2Cc3cc4c(nc3N21)C(C)(C)OC4. The molecule has 0 spiro atoms. The van der Waals surface area contributed by atoms with Crippen molar-refractivity contribution in [2.24, 2.45) is 0 Å². The normalized spacial score (nSPS) is 31.0. The molecular weight excluding hydrogens is 238 g/mol. The number of piperazine rings is 1. The van der Waals surface area contributed by atoms with Gasteiger partial charge in [-0.2, -0.15) is 0 Å². The molecule has 0 saturated carbocycles.